The number of sulfonamides is 1. The lowest BCUT2D eigenvalue weighted by Crippen LogP contribution is -2.25. The number of rotatable bonds is 6. The van der Waals surface area contributed by atoms with Crippen LogP contribution in [0.2, 0.25) is 0 Å². The van der Waals surface area contributed by atoms with Crippen LogP contribution in [-0.2, 0) is 14.8 Å². The molecule has 0 saturated heterocycles. The highest BCUT2D eigenvalue weighted by Crippen LogP contribution is 2.09. The van der Waals surface area contributed by atoms with Gasteiger partial charge in [0.1, 0.15) is 5.82 Å². The number of carbonyl (C=O) groups is 1. The molecule has 0 aliphatic heterocycles. The third kappa shape index (κ3) is 4.49. The molecule has 1 aromatic rings. The predicted molar refractivity (Wildman–Crippen MR) is 60.0 cm³/mol. The zero-order chi connectivity index (χ0) is 12.9. The van der Waals surface area contributed by atoms with Crippen LogP contribution in [0.25, 0.3) is 0 Å². The molecule has 0 aromatic heterocycles. The summed E-state index contributed by atoms with van der Waals surface area (Å²) in [5.74, 6) is -0.983. The zero-order valence-electron chi connectivity index (χ0n) is 9.02. The van der Waals surface area contributed by atoms with Crippen molar-refractivity contribution in [1.29, 1.82) is 0 Å². The Morgan fingerprint density at radius 2 is 1.88 bits per heavy atom. The first-order chi connectivity index (χ1) is 7.92. The molecule has 5 nitrogen and oxygen atoms in total. The second kappa shape index (κ2) is 5.74. The minimum atomic E-state index is -3.64. The maximum Gasteiger partial charge on any atom is 0.240 e. The summed E-state index contributed by atoms with van der Waals surface area (Å²) in [6.45, 7) is 0.114. The van der Waals surface area contributed by atoms with Crippen LogP contribution in [0.1, 0.15) is 12.8 Å². The molecular formula is C10H13FN2O3S. The number of hydrogen-bond donors (Lipinski definition) is 2. The average Bonchev–Trinajstić information content (AvgIpc) is 2.25. The van der Waals surface area contributed by atoms with Crippen molar-refractivity contribution in [2.24, 2.45) is 5.73 Å². The highest BCUT2D eigenvalue weighted by molar-refractivity contribution is 7.89. The first-order valence-corrected chi connectivity index (χ1v) is 6.44. The maximum absolute atomic E-state index is 12.6. The fourth-order valence-corrected chi connectivity index (χ4v) is 2.24. The Hall–Kier alpha value is -1.47. The average molecular weight is 260 g/mol. The molecule has 1 rings (SSSR count). The van der Waals surface area contributed by atoms with Crippen molar-refractivity contribution in [2.45, 2.75) is 17.7 Å². The summed E-state index contributed by atoms with van der Waals surface area (Å²) >= 11 is 0. The molecule has 17 heavy (non-hydrogen) atoms. The van der Waals surface area contributed by atoms with Crippen LogP contribution >= 0.6 is 0 Å². The quantitative estimate of drug-likeness (QED) is 0.724. The minimum absolute atomic E-state index is 0.0158. The second-order valence-electron chi connectivity index (χ2n) is 3.42. The summed E-state index contributed by atoms with van der Waals surface area (Å²) in [4.78, 5) is 10.4. The molecule has 7 heteroatoms. The Balaban J connectivity index is 2.57. The standard InChI is InChI=1S/C10H13FN2O3S/c11-8-3-5-9(6-4-8)17(15,16)13-7-1-2-10(12)14/h3-6,13H,1-2,7H2,(H2,12,14). The van der Waals surface area contributed by atoms with Crippen LogP contribution in [0.4, 0.5) is 4.39 Å². The summed E-state index contributed by atoms with van der Waals surface area (Å²) in [5.41, 5.74) is 4.91. The van der Waals surface area contributed by atoms with E-state index in [-0.39, 0.29) is 17.9 Å². The van der Waals surface area contributed by atoms with Crippen LogP contribution in [0.5, 0.6) is 0 Å². The Labute approximate surface area is 98.9 Å². The first kappa shape index (κ1) is 13.6. The van der Waals surface area contributed by atoms with E-state index in [1.165, 1.54) is 12.1 Å². The molecule has 1 amide bonds. The molecule has 0 spiro atoms. The van der Waals surface area contributed by atoms with Crippen LogP contribution < -0.4 is 10.5 Å². The Morgan fingerprint density at radius 1 is 1.29 bits per heavy atom. The van der Waals surface area contributed by atoms with Crippen LogP contribution in [0.15, 0.2) is 29.2 Å². The number of nitrogens with one attached hydrogen (secondary N) is 1. The van der Waals surface area contributed by atoms with E-state index in [9.17, 15) is 17.6 Å². The van der Waals surface area contributed by atoms with Crippen LogP contribution in [0.3, 0.4) is 0 Å². The minimum Gasteiger partial charge on any atom is -0.370 e. The molecule has 0 radical (unpaired) electrons. The molecular weight excluding hydrogens is 247 g/mol. The Kier molecular flexibility index (Phi) is 4.59. The molecule has 1 aromatic carbocycles. The third-order valence-electron chi connectivity index (χ3n) is 2.02. The number of hydrogen-bond acceptors (Lipinski definition) is 3. The molecule has 0 bridgehead atoms. The lowest BCUT2D eigenvalue weighted by Gasteiger charge is -2.05. The largest absolute Gasteiger partial charge is 0.370 e. The molecule has 94 valence electrons. The van der Waals surface area contributed by atoms with Gasteiger partial charge in [-0.25, -0.2) is 17.5 Å². The summed E-state index contributed by atoms with van der Waals surface area (Å²) in [7, 11) is -3.64. The topological polar surface area (TPSA) is 89.3 Å². The second-order valence-corrected chi connectivity index (χ2v) is 5.19. The predicted octanol–water partition coefficient (Wildman–Crippen LogP) is 0.369. The van der Waals surface area contributed by atoms with Gasteiger partial charge in [-0.2, -0.15) is 0 Å². The first-order valence-electron chi connectivity index (χ1n) is 4.95. The number of carbonyl (C=O) groups excluding carboxylic acids is 1. The Morgan fingerprint density at radius 3 is 2.41 bits per heavy atom. The number of nitrogens with two attached hydrogens (primary N) is 1. The highest BCUT2D eigenvalue weighted by atomic mass is 32.2. The Bertz CT molecular complexity index is 485. The van der Waals surface area contributed by atoms with E-state index in [1.807, 2.05) is 0 Å². The van der Waals surface area contributed by atoms with Crippen molar-refractivity contribution < 1.29 is 17.6 Å². The molecule has 0 aliphatic carbocycles. The monoisotopic (exact) mass is 260 g/mol. The van der Waals surface area contributed by atoms with Gasteiger partial charge in [-0.15, -0.1) is 0 Å². The van der Waals surface area contributed by atoms with E-state index in [2.05, 4.69) is 4.72 Å². The van der Waals surface area contributed by atoms with Crippen LogP contribution in [0, 0.1) is 5.82 Å². The zero-order valence-corrected chi connectivity index (χ0v) is 9.84. The summed E-state index contributed by atoms with van der Waals surface area (Å²) in [6.07, 6.45) is 0.446. The van der Waals surface area contributed by atoms with Gasteiger partial charge in [0.05, 0.1) is 4.90 Å². The normalized spacial score (nSPS) is 11.4. The van der Waals surface area contributed by atoms with Gasteiger partial charge >= 0.3 is 0 Å². The van der Waals surface area contributed by atoms with E-state index in [1.54, 1.807) is 0 Å². The van der Waals surface area contributed by atoms with Gasteiger partial charge < -0.3 is 5.73 Å². The van der Waals surface area contributed by atoms with Crippen molar-refractivity contribution in [2.75, 3.05) is 6.54 Å². The number of benzene rings is 1. The third-order valence-corrected chi connectivity index (χ3v) is 3.49. The van der Waals surface area contributed by atoms with Crippen molar-refractivity contribution in [3.05, 3.63) is 30.1 Å². The van der Waals surface area contributed by atoms with Gasteiger partial charge in [0.15, 0.2) is 0 Å². The molecule has 0 unspecified atom stereocenters. The lowest BCUT2D eigenvalue weighted by atomic mass is 10.3. The van der Waals surface area contributed by atoms with E-state index >= 15 is 0 Å². The summed E-state index contributed by atoms with van der Waals surface area (Å²) < 4.78 is 38.2. The molecule has 0 fully saturated rings. The van der Waals surface area contributed by atoms with E-state index in [0.717, 1.165) is 12.1 Å². The molecule has 0 heterocycles. The van der Waals surface area contributed by atoms with Gasteiger partial charge in [-0.05, 0) is 30.7 Å². The van der Waals surface area contributed by atoms with Gasteiger partial charge in [-0.3, -0.25) is 4.79 Å². The van der Waals surface area contributed by atoms with Crippen molar-refractivity contribution in [3.8, 4) is 0 Å². The van der Waals surface area contributed by atoms with Crippen molar-refractivity contribution in [3.63, 3.8) is 0 Å². The van der Waals surface area contributed by atoms with Gasteiger partial charge in [0, 0.05) is 13.0 Å². The van der Waals surface area contributed by atoms with Gasteiger partial charge in [-0.1, -0.05) is 0 Å². The number of amides is 1. The molecule has 3 N–H and O–H groups in total. The van der Waals surface area contributed by atoms with Crippen LogP contribution in [-0.4, -0.2) is 20.9 Å². The van der Waals surface area contributed by atoms with Gasteiger partial charge in [0.25, 0.3) is 0 Å². The molecule has 0 saturated carbocycles. The molecule has 0 atom stereocenters. The fraction of sp³-hybridized carbons (Fsp3) is 0.300. The number of halogens is 1. The summed E-state index contributed by atoms with van der Waals surface area (Å²) in [6, 6.07) is 4.48. The maximum atomic E-state index is 12.6. The van der Waals surface area contributed by atoms with E-state index in [0.29, 0.717) is 6.42 Å². The van der Waals surface area contributed by atoms with Crippen molar-refractivity contribution in [1.82, 2.24) is 4.72 Å². The lowest BCUT2D eigenvalue weighted by molar-refractivity contribution is -0.118. The SMILES string of the molecule is NC(=O)CCCNS(=O)(=O)c1ccc(F)cc1. The summed E-state index contributed by atoms with van der Waals surface area (Å²) in [5, 5.41) is 0. The number of primary amides is 1. The van der Waals surface area contributed by atoms with E-state index in [4.69, 9.17) is 5.73 Å². The smallest absolute Gasteiger partial charge is 0.240 e. The van der Waals surface area contributed by atoms with Crippen molar-refractivity contribution >= 4 is 15.9 Å². The highest BCUT2D eigenvalue weighted by Gasteiger charge is 2.12. The fourth-order valence-electron chi connectivity index (χ4n) is 1.17. The van der Waals surface area contributed by atoms with E-state index < -0.39 is 21.7 Å². The molecule has 0 aliphatic rings. The van der Waals surface area contributed by atoms with Gasteiger partial charge in [0.2, 0.25) is 15.9 Å².